The minimum Gasteiger partial charge on any atom is -0.463 e. The van der Waals surface area contributed by atoms with Crippen molar-refractivity contribution in [3.05, 3.63) is 32.6 Å². The third kappa shape index (κ3) is 5.94. The lowest BCUT2D eigenvalue weighted by Crippen LogP contribution is -2.36. The van der Waals surface area contributed by atoms with Crippen LogP contribution in [-0.4, -0.2) is 40.3 Å². The van der Waals surface area contributed by atoms with E-state index in [9.17, 15) is 32.3 Å². The first-order chi connectivity index (χ1) is 14.1. The number of halogens is 3. The normalized spacial score (nSPS) is 21.4. The van der Waals surface area contributed by atoms with Gasteiger partial charge in [0.05, 0.1) is 0 Å². The summed E-state index contributed by atoms with van der Waals surface area (Å²) < 4.78 is 55.6. The molecule has 0 radical (unpaired) electrons. The molecule has 0 aromatic carbocycles. The Kier molecular flexibility index (Phi) is 7.82. The van der Waals surface area contributed by atoms with Gasteiger partial charge in [0.2, 0.25) is 0 Å². The number of hydrogen-bond acceptors (Lipinski definition) is 7. The molecule has 0 spiro atoms. The van der Waals surface area contributed by atoms with E-state index in [-0.39, 0.29) is 25.9 Å². The number of esters is 2. The Morgan fingerprint density at radius 1 is 1.20 bits per heavy atom. The summed E-state index contributed by atoms with van der Waals surface area (Å²) in [4.78, 5) is 48.7. The van der Waals surface area contributed by atoms with Crippen LogP contribution in [0.5, 0.6) is 0 Å². The molecule has 1 aliphatic heterocycles. The number of nitrogens with one attached hydrogen (secondary N) is 1. The lowest BCUT2D eigenvalue weighted by atomic mass is 10.2. The van der Waals surface area contributed by atoms with Crippen LogP contribution in [0.25, 0.3) is 0 Å². The van der Waals surface area contributed by atoms with Gasteiger partial charge >= 0.3 is 23.8 Å². The van der Waals surface area contributed by atoms with Crippen LogP contribution in [0.3, 0.4) is 0 Å². The fourth-order valence-electron chi connectivity index (χ4n) is 2.93. The molecule has 0 amide bonds. The monoisotopic (exact) mass is 436 g/mol. The Labute approximate surface area is 169 Å². The maximum atomic E-state index is 13.0. The van der Waals surface area contributed by atoms with E-state index in [2.05, 4.69) is 0 Å². The van der Waals surface area contributed by atoms with Crippen LogP contribution in [0.15, 0.2) is 15.8 Å². The summed E-state index contributed by atoms with van der Waals surface area (Å²) in [5.74, 6) is -1.06. The number of hydrogen-bond donors (Lipinski definition) is 1. The smallest absolute Gasteiger partial charge is 0.423 e. The Hall–Kier alpha value is -2.63. The van der Waals surface area contributed by atoms with Crippen molar-refractivity contribution in [3.63, 3.8) is 0 Å². The fourth-order valence-corrected chi connectivity index (χ4v) is 2.93. The second-order valence-electron chi connectivity index (χ2n) is 6.78. The van der Waals surface area contributed by atoms with Gasteiger partial charge in [-0.3, -0.25) is 23.9 Å². The van der Waals surface area contributed by atoms with Crippen LogP contribution < -0.4 is 11.2 Å². The molecule has 0 saturated carbocycles. The van der Waals surface area contributed by atoms with E-state index < -0.39 is 53.4 Å². The number of H-pyrrole nitrogens is 1. The van der Waals surface area contributed by atoms with Crippen molar-refractivity contribution in [1.82, 2.24) is 9.55 Å². The second kappa shape index (κ2) is 9.92. The molecule has 30 heavy (non-hydrogen) atoms. The number of alkyl halides is 3. The van der Waals surface area contributed by atoms with Gasteiger partial charge in [0.1, 0.15) is 30.6 Å². The SMILES string of the molecule is CCCC(=O)OC[C@H]1O[C@@H](n2cc(C(F)(F)F)c(=O)[nH]c2=O)C[C@@H]1OC(=O)CCC. The number of aromatic nitrogens is 2. The highest BCUT2D eigenvalue weighted by molar-refractivity contribution is 5.70. The lowest BCUT2D eigenvalue weighted by Gasteiger charge is -2.19. The first-order valence-corrected chi connectivity index (χ1v) is 9.50. The fraction of sp³-hybridized carbons (Fsp3) is 0.667. The molecule has 1 N–H and O–H groups in total. The average Bonchev–Trinajstić information content (AvgIpc) is 3.01. The molecule has 1 aromatic heterocycles. The highest BCUT2D eigenvalue weighted by Gasteiger charge is 2.41. The van der Waals surface area contributed by atoms with Gasteiger partial charge in [-0.05, 0) is 12.8 Å². The zero-order valence-electron chi connectivity index (χ0n) is 16.5. The molecule has 168 valence electrons. The third-order valence-corrected chi connectivity index (χ3v) is 4.36. The highest BCUT2D eigenvalue weighted by atomic mass is 19.4. The molecule has 2 rings (SSSR count). The van der Waals surface area contributed by atoms with Gasteiger partial charge in [0.25, 0.3) is 5.56 Å². The molecule has 1 aliphatic rings. The topological polar surface area (TPSA) is 117 Å². The Morgan fingerprint density at radius 3 is 2.43 bits per heavy atom. The molecule has 1 fully saturated rings. The number of ether oxygens (including phenoxy) is 3. The number of nitrogens with zero attached hydrogens (tertiary/aromatic N) is 1. The zero-order valence-corrected chi connectivity index (χ0v) is 16.5. The van der Waals surface area contributed by atoms with Gasteiger partial charge in [-0.2, -0.15) is 13.2 Å². The van der Waals surface area contributed by atoms with Crippen LogP contribution >= 0.6 is 0 Å². The Morgan fingerprint density at radius 2 is 1.83 bits per heavy atom. The predicted octanol–water partition coefficient (Wildman–Crippen LogP) is 1.90. The Bertz CT molecular complexity index is 878. The number of carbonyl (C=O) groups excluding carboxylic acids is 2. The molecule has 0 unspecified atom stereocenters. The maximum Gasteiger partial charge on any atom is 0.423 e. The van der Waals surface area contributed by atoms with Gasteiger partial charge in [-0.1, -0.05) is 13.8 Å². The first kappa shape index (κ1) is 23.6. The molecule has 0 bridgehead atoms. The molecular formula is C18H23F3N2O7. The number of aromatic amines is 1. The maximum absolute atomic E-state index is 13.0. The van der Waals surface area contributed by atoms with Crippen LogP contribution in [0, 0.1) is 0 Å². The zero-order chi connectivity index (χ0) is 22.5. The Balaban J connectivity index is 2.27. The molecule has 0 aliphatic carbocycles. The summed E-state index contributed by atoms with van der Waals surface area (Å²) in [6.07, 6.45) is -6.63. The van der Waals surface area contributed by atoms with Gasteiger partial charge in [0.15, 0.2) is 0 Å². The molecule has 1 saturated heterocycles. The van der Waals surface area contributed by atoms with Crippen LogP contribution in [0.2, 0.25) is 0 Å². The summed E-state index contributed by atoms with van der Waals surface area (Å²) in [6, 6.07) is 0. The minimum absolute atomic E-state index is 0.111. The van der Waals surface area contributed by atoms with E-state index >= 15 is 0 Å². The van der Waals surface area contributed by atoms with Crippen LogP contribution in [0.1, 0.15) is 57.7 Å². The van der Waals surface area contributed by atoms with Crippen molar-refractivity contribution < 1.29 is 37.0 Å². The predicted molar refractivity (Wildman–Crippen MR) is 95.5 cm³/mol. The molecule has 12 heteroatoms. The lowest BCUT2D eigenvalue weighted by molar-refractivity contribution is -0.158. The quantitative estimate of drug-likeness (QED) is 0.619. The van der Waals surface area contributed by atoms with Gasteiger partial charge in [-0.15, -0.1) is 0 Å². The average molecular weight is 436 g/mol. The van der Waals surface area contributed by atoms with Gasteiger partial charge < -0.3 is 14.2 Å². The number of carbonyl (C=O) groups is 2. The van der Waals surface area contributed by atoms with Crippen molar-refractivity contribution >= 4 is 11.9 Å². The molecular weight excluding hydrogens is 413 g/mol. The van der Waals surface area contributed by atoms with Crippen molar-refractivity contribution in [2.24, 2.45) is 0 Å². The summed E-state index contributed by atoms with van der Waals surface area (Å²) in [6.45, 7) is 3.24. The minimum atomic E-state index is -4.98. The summed E-state index contributed by atoms with van der Waals surface area (Å²) in [7, 11) is 0. The summed E-state index contributed by atoms with van der Waals surface area (Å²) in [5, 5.41) is 0. The van der Waals surface area contributed by atoms with Crippen molar-refractivity contribution in [3.8, 4) is 0 Å². The van der Waals surface area contributed by atoms with E-state index in [4.69, 9.17) is 14.2 Å². The summed E-state index contributed by atoms with van der Waals surface area (Å²) >= 11 is 0. The summed E-state index contributed by atoms with van der Waals surface area (Å²) in [5.41, 5.74) is -4.25. The van der Waals surface area contributed by atoms with Crippen molar-refractivity contribution in [2.75, 3.05) is 6.61 Å². The van der Waals surface area contributed by atoms with Gasteiger partial charge in [0, 0.05) is 25.5 Å². The third-order valence-electron chi connectivity index (χ3n) is 4.36. The standard InChI is InChI=1S/C18H23F3N2O7/c1-3-5-14(24)28-9-12-11(30-15(25)6-4-2)7-13(29-12)23-8-10(18(19,20)21)16(26)22-17(23)27/h8,11-13H,3-7,9H2,1-2H3,(H,22,26,27)/t11-,12+,13+/m0/s1. The molecule has 9 nitrogen and oxygen atoms in total. The van der Waals surface area contributed by atoms with E-state index in [1.54, 1.807) is 18.8 Å². The van der Waals surface area contributed by atoms with E-state index in [1.165, 1.54) is 0 Å². The number of rotatable bonds is 8. The van der Waals surface area contributed by atoms with Crippen LogP contribution in [-0.2, 0) is 30.0 Å². The second-order valence-corrected chi connectivity index (χ2v) is 6.78. The highest BCUT2D eigenvalue weighted by Crippen LogP contribution is 2.32. The van der Waals surface area contributed by atoms with Crippen molar-refractivity contribution in [2.45, 2.75) is 70.6 Å². The molecule has 1 aromatic rings. The first-order valence-electron chi connectivity index (χ1n) is 9.50. The van der Waals surface area contributed by atoms with E-state index in [0.717, 1.165) is 0 Å². The van der Waals surface area contributed by atoms with Crippen molar-refractivity contribution in [1.29, 1.82) is 0 Å². The van der Waals surface area contributed by atoms with E-state index in [1.807, 2.05) is 0 Å². The molecule has 2 heterocycles. The van der Waals surface area contributed by atoms with Crippen LogP contribution in [0.4, 0.5) is 13.2 Å². The van der Waals surface area contributed by atoms with E-state index in [0.29, 0.717) is 23.6 Å². The largest absolute Gasteiger partial charge is 0.463 e. The van der Waals surface area contributed by atoms with Gasteiger partial charge in [-0.25, -0.2) is 4.79 Å². The molecule has 3 atom stereocenters.